The molecule has 3 aliphatic rings. The summed E-state index contributed by atoms with van der Waals surface area (Å²) in [4.78, 5) is 18.6. The minimum atomic E-state index is -1.79. The van der Waals surface area contributed by atoms with Crippen LogP contribution in [0.2, 0.25) is 0 Å². The third-order valence-corrected chi connectivity index (χ3v) is 14.2. The number of anilines is 1. The maximum absolute atomic E-state index is 14.1. The van der Waals surface area contributed by atoms with Crippen LogP contribution in [0, 0.1) is 81.0 Å². The summed E-state index contributed by atoms with van der Waals surface area (Å²) in [6, 6.07) is 29.8. The number of nitrogens with zero attached hydrogens (tertiary/aromatic N) is 4. The van der Waals surface area contributed by atoms with Crippen molar-refractivity contribution in [1.29, 1.82) is 5.26 Å². The Labute approximate surface area is 442 Å². The summed E-state index contributed by atoms with van der Waals surface area (Å²) in [5.74, 6) is 3.51. The van der Waals surface area contributed by atoms with E-state index in [0.29, 0.717) is 36.4 Å². The maximum atomic E-state index is 14.1. The Morgan fingerprint density at radius 2 is 1.36 bits per heavy atom. The number of unbranched alkanes of at least 4 members (excludes halogenated alkanes) is 1. The Hall–Kier alpha value is -3.86. The molecule has 3 fully saturated rings. The molecule has 0 amide bonds. The maximum Gasteiger partial charge on any atom is 2.00 e. The zero-order valence-corrected chi connectivity index (χ0v) is 44.9. The van der Waals surface area contributed by atoms with Crippen LogP contribution >= 0.6 is 8.53 Å². The summed E-state index contributed by atoms with van der Waals surface area (Å²) in [5, 5.41) is 12.8. The van der Waals surface area contributed by atoms with Crippen LogP contribution in [-0.4, -0.2) is 85.2 Å². The average Bonchev–Trinajstić information content (AvgIpc) is 4.20. The second kappa shape index (κ2) is 30.5. The molecule has 5 atom stereocenters. The van der Waals surface area contributed by atoms with Gasteiger partial charge in [-0.1, -0.05) is 74.9 Å². The van der Waals surface area contributed by atoms with E-state index in [1.807, 2.05) is 111 Å². The molecule has 1 N–H and O–H groups in total. The summed E-state index contributed by atoms with van der Waals surface area (Å²) in [7, 11) is 1.49. The molecule has 1 saturated heterocycles. The molecule has 1 aliphatic heterocycles. The minimum Gasteiger partial charge on any atom is -0.497 e. The molecular formula is C57H72FeN5O8P+2. The van der Waals surface area contributed by atoms with Gasteiger partial charge in [0, 0.05) is 31.4 Å². The molecule has 0 bridgehead atoms. The molecule has 13 nitrogen and oxygen atoms in total. The molecule has 3 aromatic carbocycles. The van der Waals surface area contributed by atoms with Crippen molar-refractivity contribution in [3.63, 3.8) is 0 Å². The number of nitrogens with one attached hydrogen (secondary N) is 1. The van der Waals surface area contributed by atoms with E-state index in [1.165, 1.54) is 10.5 Å². The summed E-state index contributed by atoms with van der Waals surface area (Å²) < 4.78 is 50.1. The van der Waals surface area contributed by atoms with Crippen molar-refractivity contribution < 1.29 is 49.8 Å². The molecule has 1 aromatic heterocycles. The van der Waals surface area contributed by atoms with Gasteiger partial charge in [-0.15, -0.1) is 0 Å². The summed E-state index contributed by atoms with van der Waals surface area (Å²) in [6.07, 6.45) is 19.5. The zero-order valence-electron chi connectivity index (χ0n) is 42.9. The molecule has 4 aromatic rings. The number of benzene rings is 3. The molecular weight excluding hydrogens is 969 g/mol. The van der Waals surface area contributed by atoms with Crippen molar-refractivity contribution >= 4 is 14.3 Å². The predicted octanol–water partition coefficient (Wildman–Crippen LogP) is 10.9. The SMILES string of the molecule is COc1ccc(C(OC[C@H]2O[C@@H](n3ccc(NCC(C)C)nc3=O)[C@H](OCCCC[C]3[CH][CH][CH][CH]3)[C@@H]2OP(OCCC#N)N(C(C)C)C(C)C)(c2ccccc2)c2ccc(OC)cc2)cc1.[CH]1[CH][CH][CH][CH]1.[Fe+2]. The van der Waals surface area contributed by atoms with E-state index in [-0.39, 0.29) is 48.8 Å². The van der Waals surface area contributed by atoms with Gasteiger partial charge in [0.05, 0.1) is 39.9 Å². The normalized spacial score (nSPS) is 19.5. The fourth-order valence-electron chi connectivity index (χ4n) is 8.62. The molecule has 7 rings (SSSR count). The van der Waals surface area contributed by atoms with Crippen LogP contribution in [0.5, 0.6) is 11.5 Å². The molecule has 1 unspecified atom stereocenters. The smallest absolute Gasteiger partial charge is 0.497 e. The van der Waals surface area contributed by atoms with Crippen LogP contribution in [0.15, 0.2) is 95.9 Å². The van der Waals surface area contributed by atoms with Crippen molar-refractivity contribution in [3.05, 3.63) is 182 Å². The Kier molecular flexibility index (Phi) is 25.0. The van der Waals surface area contributed by atoms with Crippen LogP contribution in [0.25, 0.3) is 0 Å². The van der Waals surface area contributed by atoms with Gasteiger partial charge in [-0.25, -0.2) is 9.46 Å². The van der Waals surface area contributed by atoms with Gasteiger partial charge in [0.2, 0.25) is 0 Å². The fourth-order valence-corrected chi connectivity index (χ4v) is 10.4. The molecule has 384 valence electrons. The van der Waals surface area contributed by atoms with E-state index in [0.717, 1.165) is 36.0 Å². The van der Waals surface area contributed by atoms with Crippen molar-refractivity contribution in [2.75, 3.05) is 45.9 Å². The first kappa shape index (κ1) is 59.0. The first-order valence-electron chi connectivity index (χ1n) is 24.7. The van der Waals surface area contributed by atoms with E-state index < -0.39 is 44.4 Å². The third kappa shape index (κ3) is 16.3. The molecule has 10 radical (unpaired) electrons. The van der Waals surface area contributed by atoms with E-state index in [9.17, 15) is 10.1 Å². The number of hydrogen-bond acceptors (Lipinski definition) is 12. The molecule has 72 heavy (non-hydrogen) atoms. The predicted molar refractivity (Wildman–Crippen MR) is 280 cm³/mol. The van der Waals surface area contributed by atoms with E-state index in [2.05, 4.69) is 88.3 Å². The van der Waals surface area contributed by atoms with Crippen LogP contribution in [-0.2, 0) is 45.9 Å². The molecule has 0 spiro atoms. The number of nitriles is 1. The van der Waals surface area contributed by atoms with Gasteiger partial charge in [-0.2, -0.15) is 10.2 Å². The van der Waals surface area contributed by atoms with E-state index in [4.69, 9.17) is 32.7 Å². The van der Waals surface area contributed by atoms with Gasteiger partial charge >= 0.3 is 22.8 Å². The standard InChI is InChI=1S/C52H67N5O8P.C5H5.Fe/c1-37(2)35-54-47-30-32-56(51(58)55-47)50-49(61-33-15-14-19-40-17-12-13-18-40)48(65-66(63-34-16-31-53)57(38(3)4)39(5)6)46(64-50)36-62-52(41-20-10-9-11-21-41,42-22-26-44(59-7)27-23-42)43-24-28-45(60-8)29-25-43;1-2-4-5-3-1;/h9-13,17-18,20-30,32,37-39,46,48-50H,14-16,19,33-36H2,1-8H3,(H,54,55,58);1-5H;/q;;+2/t46-,48-,49-,50-,66?;;/m1../s1. The second-order valence-electron chi connectivity index (χ2n) is 18.3. The Bertz CT molecular complexity index is 2170. The number of rotatable bonds is 26. The fraction of sp³-hybridized carbons (Fsp3) is 0.421. The van der Waals surface area contributed by atoms with E-state index >= 15 is 0 Å². The van der Waals surface area contributed by atoms with Crippen molar-refractivity contribution in [2.24, 2.45) is 5.92 Å². The quantitative estimate of drug-likeness (QED) is 0.0277. The average molecular weight is 1040 g/mol. The zero-order chi connectivity index (χ0) is 50.6. The van der Waals surface area contributed by atoms with Gasteiger partial charge in [0.15, 0.2) is 6.23 Å². The van der Waals surface area contributed by atoms with Gasteiger partial charge in [-0.05, 0) is 157 Å². The number of hydrogen-bond donors (Lipinski definition) is 1. The minimum absolute atomic E-state index is 0. The van der Waals surface area contributed by atoms with Crippen molar-refractivity contribution in [3.8, 4) is 17.6 Å². The van der Waals surface area contributed by atoms with Gasteiger partial charge in [-0.3, -0.25) is 4.57 Å². The molecule has 2 saturated carbocycles. The first-order chi connectivity index (χ1) is 34.5. The monoisotopic (exact) mass is 1040 g/mol. The second-order valence-corrected chi connectivity index (χ2v) is 19.7. The number of aromatic nitrogens is 2. The van der Waals surface area contributed by atoms with Crippen LogP contribution in [0.4, 0.5) is 5.82 Å². The Balaban J connectivity index is 0.00000151. The van der Waals surface area contributed by atoms with Gasteiger partial charge in [0.1, 0.15) is 41.2 Å². The van der Waals surface area contributed by atoms with Crippen molar-refractivity contribution in [2.45, 2.75) is 109 Å². The van der Waals surface area contributed by atoms with Crippen molar-refractivity contribution in [1.82, 2.24) is 14.2 Å². The summed E-state index contributed by atoms with van der Waals surface area (Å²) >= 11 is 0. The van der Waals surface area contributed by atoms with Gasteiger partial charge < -0.3 is 38.0 Å². The summed E-state index contributed by atoms with van der Waals surface area (Å²) in [5.41, 5.74) is 0.903. The molecule has 15 heteroatoms. The molecule has 2 aliphatic carbocycles. The number of ether oxygens (including phenoxy) is 5. The van der Waals surface area contributed by atoms with Crippen LogP contribution in [0.1, 0.15) is 90.1 Å². The third-order valence-electron chi connectivity index (χ3n) is 12.1. The number of methoxy groups -OCH3 is 2. The molecule has 2 heterocycles. The largest absolute Gasteiger partial charge is 2.00 e. The van der Waals surface area contributed by atoms with Crippen LogP contribution < -0.4 is 20.5 Å². The summed E-state index contributed by atoms with van der Waals surface area (Å²) in [6.45, 7) is 13.8. The van der Waals surface area contributed by atoms with Gasteiger partial charge in [0.25, 0.3) is 8.53 Å². The Morgan fingerprint density at radius 1 is 0.778 bits per heavy atom. The topological polar surface area (TPSA) is 139 Å². The van der Waals surface area contributed by atoms with Crippen LogP contribution in [0.3, 0.4) is 0 Å². The first-order valence-corrected chi connectivity index (χ1v) is 25.8. The van der Waals surface area contributed by atoms with E-state index in [1.54, 1.807) is 26.5 Å². The Morgan fingerprint density at radius 3 is 1.89 bits per heavy atom.